The predicted octanol–water partition coefficient (Wildman–Crippen LogP) is 2.77. The zero-order valence-corrected chi connectivity index (χ0v) is 18.7. The highest BCUT2D eigenvalue weighted by atomic mass is 32.2. The lowest BCUT2D eigenvalue weighted by molar-refractivity contribution is -0.133. The first-order valence-electron chi connectivity index (χ1n) is 10.9. The van der Waals surface area contributed by atoms with Crippen molar-refractivity contribution in [3.05, 3.63) is 54.3 Å². The van der Waals surface area contributed by atoms with E-state index < -0.39 is 10.0 Å². The summed E-state index contributed by atoms with van der Waals surface area (Å²) in [7, 11) is -3.55. The van der Waals surface area contributed by atoms with Crippen LogP contribution in [0.3, 0.4) is 0 Å². The molecule has 2 aromatic carbocycles. The Morgan fingerprint density at radius 1 is 1.00 bits per heavy atom. The average Bonchev–Trinajstić information content (AvgIpc) is 3.30. The smallest absolute Gasteiger partial charge is 0.260 e. The van der Waals surface area contributed by atoms with Crippen LogP contribution < -0.4 is 14.4 Å². The lowest BCUT2D eigenvalue weighted by Crippen LogP contribution is -2.50. The number of nitrogens with zero attached hydrogens (tertiary/aromatic N) is 2. The van der Waals surface area contributed by atoms with Gasteiger partial charge in [0, 0.05) is 32.2 Å². The number of nitrogens with one attached hydrogen (secondary N) is 1. The summed E-state index contributed by atoms with van der Waals surface area (Å²) in [5.74, 6) is 0.0143. The van der Waals surface area contributed by atoms with Gasteiger partial charge in [-0.2, -0.15) is 0 Å². The van der Waals surface area contributed by atoms with Gasteiger partial charge in [-0.15, -0.1) is 0 Å². The van der Waals surface area contributed by atoms with Crippen LogP contribution in [-0.4, -0.2) is 58.1 Å². The van der Waals surface area contributed by atoms with Crippen molar-refractivity contribution in [2.75, 3.05) is 37.7 Å². The Kier molecular flexibility index (Phi) is 6.95. The number of para-hydroxylation sites is 1. The first kappa shape index (κ1) is 22.5. The molecule has 1 heterocycles. The fourth-order valence-corrected chi connectivity index (χ4v) is 5.49. The van der Waals surface area contributed by atoms with Crippen LogP contribution in [0.5, 0.6) is 5.75 Å². The van der Waals surface area contributed by atoms with Crippen molar-refractivity contribution in [3.8, 4) is 5.75 Å². The summed E-state index contributed by atoms with van der Waals surface area (Å²) in [6.07, 6.45) is 3.84. The Morgan fingerprint density at radius 3 is 2.31 bits per heavy atom. The molecule has 1 aliphatic heterocycles. The molecule has 4 rings (SSSR count). The highest BCUT2D eigenvalue weighted by molar-refractivity contribution is 7.89. The predicted molar refractivity (Wildman–Crippen MR) is 120 cm³/mol. The molecule has 2 aromatic rings. The minimum absolute atomic E-state index is 0.00685. The highest BCUT2D eigenvalue weighted by Crippen LogP contribution is 2.22. The number of halogens is 1. The molecule has 1 saturated carbocycles. The van der Waals surface area contributed by atoms with E-state index in [9.17, 15) is 17.6 Å². The number of carbonyl (C=O) groups excluding carboxylic acids is 1. The molecular formula is C23H28FN3O4S. The summed E-state index contributed by atoms with van der Waals surface area (Å²) in [5, 5.41) is 0. The number of sulfonamides is 1. The van der Waals surface area contributed by atoms with Crippen molar-refractivity contribution in [1.29, 1.82) is 0 Å². The number of rotatable bonds is 7. The van der Waals surface area contributed by atoms with E-state index in [1.54, 1.807) is 35.2 Å². The Balaban J connectivity index is 1.26. The van der Waals surface area contributed by atoms with Crippen LogP contribution in [0.2, 0.25) is 0 Å². The van der Waals surface area contributed by atoms with Gasteiger partial charge < -0.3 is 14.5 Å². The van der Waals surface area contributed by atoms with E-state index in [-0.39, 0.29) is 29.3 Å². The topological polar surface area (TPSA) is 78.9 Å². The summed E-state index contributed by atoms with van der Waals surface area (Å²) >= 11 is 0. The van der Waals surface area contributed by atoms with E-state index >= 15 is 0 Å². The van der Waals surface area contributed by atoms with E-state index in [0.29, 0.717) is 37.6 Å². The van der Waals surface area contributed by atoms with Crippen molar-refractivity contribution in [3.63, 3.8) is 0 Å². The summed E-state index contributed by atoms with van der Waals surface area (Å²) in [5.41, 5.74) is 0.549. The minimum atomic E-state index is -3.55. The van der Waals surface area contributed by atoms with Crippen LogP contribution in [0.4, 0.5) is 10.1 Å². The molecule has 1 aliphatic carbocycles. The first-order chi connectivity index (χ1) is 15.4. The van der Waals surface area contributed by atoms with Crippen molar-refractivity contribution in [2.45, 2.75) is 36.6 Å². The number of hydrogen-bond acceptors (Lipinski definition) is 5. The van der Waals surface area contributed by atoms with Crippen LogP contribution >= 0.6 is 0 Å². The van der Waals surface area contributed by atoms with Gasteiger partial charge in [-0.25, -0.2) is 17.5 Å². The van der Waals surface area contributed by atoms with Gasteiger partial charge in [-0.1, -0.05) is 25.0 Å². The van der Waals surface area contributed by atoms with E-state index in [4.69, 9.17) is 4.74 Å². The summed E-state index contributed by atoms with van der Waals surface area (Å²) < 4.78 is 47.2. The second-order valence-electron chi connectivity index (χ2n) is 8.18. The molecule has 9 heteroatoms. The van der Waals surface area contributed by atoms with E-state index in [2.05, 4.69) is 4.72 Å². The van der Waals surface area contributed by atoms with Crippen molar-refractivity contribution in [2.24, 2.45) is 0 Å². The van der Waals surface area contributed by atoms with Gasteiger partial charge in [0.15, 0.2) is 6.61 Å². The van der Waals surface area contributed by atoms with Gasteiger partial charge in [-0.3, -0.25) is 4.79 Å². The van der Waals surface area contributed by atoms with Crippen LogP contribution in [0.1, 0.15) is 25.7 Å². The van der Waals surface area contributed by atoms with Crippen molar-refractivity contribution >= 4 is 21.6 Å². The van der Waals surface area contributed by atoms with Crippen LogP contribution in [0.25, 0.3) is 0 Å². The Labute approximate surface area is 188 Å². The van der Waals surface area contributed by atoms with Crippen LogP contribution in [-0.2, 0) is 14.8 Å². The molecular weight excluding hydrogens is 433 g/mol. The molecule has 1 saturated heterocycles. The SMILES string of the molecule is O=C(COc1ccc(S(=O)(=O)NC2CCCC2)cc1)N1CCN(c2ccccc2F)CC1. The van der Waals surface area contributed by atoms with E-state index in [1.165, 1.54) is 18.2 Å². The summed E-state index contributed by atoms with van der Waals surface area (Å²) in [4.78, 5) is 16.3. The molecule has 1 amide bonds. The molecule has 2 fully saturated rings. The first-order valence-corrected chi connectivity index (χ1v) is 12.4. The molecule has 0 radical (unpaired) electrons. The molecule has 172 valence electrons. The molecule has 0 aromatic heterocycles. The summed E-state index contributed by atoms with van der Waals surface area (Å²) in [6.45, 7) is 1.94. The van der Waals surface area contributed by atoms with Gasteiger partial charge in [0.2, 0.25) is 10.0 Å². The Hall–Kier alpha value is -2.65. The third-order valence-corrected chi connectivity index (χ3v) is 7.54. The number of amides is 1. The van der Waals surface area contributed by atoms with E-state index in [0.717, 1.165) is 25.7 Å². The molecule has 1 N–H and O–H groups in total. The fraction of sp³-hybridized carbons (Fsp3) is 0.435. The molecule has 0 unspecified atom stereocenters. The molecule has 0 spiro atoms. The quantitative estimate of drug-likeness (QED) is 0.686. The standard InChI is InChI=1S/C23H28FN3O4S/c24-21-7-3-4-8-22(21)26-13-15-27(16-14-26)23(28)17-31-19-9-11-20(12-10-19)32(29,30)25-18-5-1-2-6-18/h3-4,7-12,18,25H,1-2,5-6,13-17H2. The normalized spacial score (nSPS) is 17.5. The maximum Gasteiger partial charge on any atom is 0.260 e. The average molecular weight is 462 g/mol. The Morgan fingerprint density at radius 2 is 1.66 bits per heavy atom. The van der Waals surface area contributed by atoms with Gasteiger partial charge in [0.1, 0.15) is 11.6 Å². The van der Waals surface area contributed by atoms with Crippen LogP contribution in [0, 0.1) is 5.82 Å². The maximum atomic E-state index is 14.0. The molecule has 32 heavy (non-hydrogen) atoms. The lowest BCUT2D eigenvalue weighted by atomic mass is 10.2. The van der Waals surface area contributed by atoms with Gasteiger partial charge >= 0.3 is 0 Å². The molecule has 0 atom stereocenters. The maximum absolute atomic E-state index is 14.0. The number of ether oxygens (including phenoxy) is 1. The van der Waals surface area contributed by atoms with Crippen LogP contribution in [0.15, 0.2) is 53.4 Å². The third kappa shape index (κ3) is 5.39. The lowest BCUT2D eigenvalue weighted by Gasteiger charge is -2.36. The third-order valence-electron chi connectivity index (χ3n) is 6.00. The van der Waals surface area contributed by atoms with Gasteiger partial charge in [-0.05, 0) is 49.2 Å². The Bertz CT molecular complexity index is 1030. The van der Waals surface area contributed by atoms with Gasteiger partial charge in [0.05, 0.1) is 10.6 Å². The molecule has 7 nitrogen and oxygen atoms in total. The second kappa shape index (κ2) is 9.87. The summed E-state index contributed by atoms with van der Waals surface area (Å²) in [6, 6.07) is 12.7. The number of benzene rings is 2. The highest BCUT2D eigenvalue weighted by Gasteiger charge is 2.24. The van der Waals surface area contributed by atoms with Crippen molar-refractivity contribution in [1.82, 2.24) is 9.62 Å². The molecule has 2 aliphatic rings. The minimum Gasteiger partial charge on any atom is -0.484 e. The number of carbonyl (C=O) groups is 1. The zero-order chi connectivity index (χ0) is 22.6. The zero-order valence-electron chi connectivity index (χ0n) is 17.9. The van der Waals surface area contributed by atoms with Gasteiger partial charge in [0.25, 0.3) is 5.91 Å². The number of anilines is 1. The molecule has 0 bridgehead atoms. The second-order valence-corrected chi connectivity index (χ2v) is 9.90. The number of piperazine rings is 1. The fourth-order valence-electron chi connectivity index (χ4n) is 4.19. The largest absolute Gasteiger partial charge is 0.484 e. The monoisotopic (exact) mass is 461 g/mol. The van der Waals surface area contributed by atoms with Crippen molar-refractivity contribution < 1.29 is 22.3 Å². The number of hydrogen-bond donors (Lipinski definition) is 1. The van der Waals surface area contributed by atoms with E-state index in [1.807, 2.05) is 4.90 Å².